The van der Waals surface area contributed by atoms with E-state index in [0.29, 0.717) is 4.75 Å². The zero-order valence-electron chi connectivity index (χ0n) is 7.59. The number of thioether (sulfide) groups is 2. The summed E-state index contributed by atoms with van der Waals surface area (Å²) in [6, 6.07) is 10.9. The van der Waals surface area contributed by atoms with Crippen LogP contribution in [-0.4, -0.2) is 15.7 Å². The molecule has 2 heterocycles. The van der Waals surface area contributed by atoms with Crippen LogP contribution >= 0.6 is 23.5 Å². The third-order valence-electron chi connectivity index (χ3n) is 3.31. The monoisotopic (exact) mass is 218 g/mol. The first kappa shape index (κ1) is 7.89. The van der Waals surface area contributed by atoms with E-state index in [-0.39, 0.29) is 0 Å². The highest BCUT2D eigenvalue weighted by atomic mass is 32.2. The first-order valence-corrected chi connectivity index (χ1v) is 6.81. The topological polar surface area (TPSA) is 0 Å². The van der Waals surface area contributed by atoms with Crippen molar-refractivity contribution in [1.82, 2.24) is 0 Å². The van der Waals surface area contributed by atoms with Gasteiger partial charge in [0.15, 0.2) is 0 Å². The molecular weight excluding hydrogens is 208 g/mol. The Labute approximate surface area is 92.2 Å². The molecule has 0 N–H and O–H groups in total. The molecule has 2 heteroatoms. The fourth-order valence-electron chi connectivity index (χ4n) is 2.42. The Morgan fingerprint density at radius 3 is 2.86 bits per heavy atom. The normalized spacial score (nSPS) is 46.7. The van der Waals surface area contributed by atoms with Crippen LogP contribution < -0.4 is 0 Å². The van der Waals surface area contributed by atoms with Crippen LogP contribution in [0.4, 0.5) is 0 Å². The van der Waals surface area contributed by atoms with Crippen molar-refractivity contribution < 1.29 is 0 Å². The largest absolute Gasteiger partial charge is 0.147 e. The second-order valence-electron chi connectivity index (χ2n) is 4.12. The van der Waals surface area contributed by atoms with E-state index in [9.17, 15) is 0 Å². The van der Waals surface area contributed by atoms with Crippen molar-refractivity contribution in [2.45, 2.75) is 20.5 Å². The zero-order chi connectivity index (χ0) is 9.17. The average Bonchev–Trinajstić information content (AvgIpc) is 3.11. The number of hydrogen-bond donors (Lipinski definition) is 0. The van der Waals surface area contributed by atoms with Crippen molar-refractivity contribution in [2.24, 2.45) is 0 Å². The van der Waals surface area contributed by atoms with Gasteiger partial charge in [0, 0.05) is 15.7 Å². The predicted molar refractivity (Wildman–Crippen MR) is 63.8 cm³/mol. The Kier molecular flexibility index (Phi) is 1.36. The molecule has 4 atom stereocenters. The van der Waals surface area contributed by atoms with E-state index in [4.69, 9.17) is 0 Å². The standard InChI is InChI=1S/C12H10S2/c1-2-4-8(5-3-1)12-7-6-9-10(13-9)11(12)14-12/h1-7,9-11H. The highest BCUT2D eigenvalue weighted by molar-refractivity contribution is 8.13. The summed E-state index contributed by atoms with van der Waals surface area (Å²) in [6.07, 6.45) is 4.86. The van der Waals surface area contributed by atoms with Crippen molar-refractivity contribution in [3.63, 3.8) is 0 Å². The number of rotatable bonds is 1. The maximum Gasteiger partial charge on any atom is 0.0722 e. The Morgan fingerprint density at radius 1 is 1.14 bits per heavy atom. The summed E-state index contributed by atoms with van der Waals surface area (Å²) < 4.78 is 0.367. The van der Waals surface area contributed by atoms with E-state index in [1.54, 1.807) is 0 Å². The van der Waals surface area contributed by atoms with Crippen molar-refractivity contribution in [1.29, 1.82) is 0 Å². The second kappa shape index (κ2) is 2.42. The van der Waals surface area contributed by atoms with E-state index in [2.05, 4.69) is 66.0 Å². The van der Waals surface area contributed by atoms with Gasteiger partial charge in [-0.05, 0) is 5.56 Å². The lowest BCUT2D eigenvalue weighted by molar-refractivity contribution is 0.778. The van der Waals surface area contributed by atoms with E-state index in [1.807, 2.05) is 0 Å². The molecule has 4 unspecified atom stereocenters. The van der Waals surface area contributed by atoms with Crippen LogP contribution in [0.15, 0.2) is 42.5 Å². The van der Waals surface area contributed by atoms with Gasteiger partial charge in [0.2, 0.25) is 0 Å². The van der Waals surface area contributed by atoms with Gasteiger partial charge < -0.3 is 0 Å². The molecule has 0 saturated carbocycles. The van der Waals surface area contributed by atoms with Gasteiger partial charge in [-0.15, -0.1) is 23.5 Å². The first-order valence-electron chi connectivity index (χ1n) is 4.98. The third-order valence-corrected chi connectivity index (χ3v) is 6.49. The zero-order valence-corrected chi connectivity index (χ0v) is 9.22. The van der Waals surface area contributed by atoms with Gasteiger partial charge in [-0.25, -0.2) is 0 Å². The van der Waals surface area contributed by atoms with Gasteiger partial charge in [0.1, 0.15) is 0 Å². The van der Waals surface area contributed by atoms with Crippen LogP contribution in [0.2, 0.25) is 0 Å². The molecular formula is C12H10S2. The summed E-state index contributed by atoms with van der Waals surface area (Å²) in [6.45, 7) is 0. The quantitative estimate of drug-likeness (QED) is 0.525. The van der Waals surface area contributed by atoms with Gasteiger partial charge in [0.05, 0.1) is 4.75 Å². The van der Waals surface area contributed by atoms with Gasteiger partial charge in [0.25, 0.3) is 0 Å². The maximum atomic E-state index is 2.44. The first-order chi connectivity index (χ1) is 6.90. The van der Waals surface area contributed by atoms with E-state index in [0.717, 1.165) is 15.7 Å². The lowest BCUT2D eigenvalue weighted by atomic mass is 9.89. The van der Waals surface area contributed by atoms with E-state index in [1.165, 1.54) is 5.56 Å². The van der Waals surface area contributed by atoms with Crippen LogP contribution in [0.3, 0.4) is 0 Å². The molecule has 2 aliphatic heterocycles. The maximum absolute atomic E-state index is 2.44. The summed E-state index contributed by atoms with van der Waals surface area (Å²) in [7, 11) is 0. The summed E-state index contributed by atoms with van der Waals surface area (Å²) in [4.78, 5) is 0. The molecule has 0 amide bonds. The number of hydrogen-bond acceptors (Lipinski definition) is 2. The SMILES string of the molecule is C1=CC2(c3ccccc3)SC2C2SC12. The van der Waals surface area contributed by atoms with Gasteiger partial charge in [-0.1, -0.05) is 42.5 Å². The molecule has 70 valence electrons. The van der Waals surface area contributed by atoms with Gasteiger partial charge >= 0.3 is 0 Å². The molecule has 14 heavy (non-hydrogen) atoms. The number of benzene rings is 1. The van der Waals surface area contributed by atoms with Crippen molar-refractivity contribution in [3.05, 3.63) is 48.0 Å². The van der Waals surface area contributed by atoms with Crippen molar-refractivity contribution in [3.8, 4) is 0 Å². The fraction of sp³-hybridized carbons (Fsp3) is 0.333. The summed E-state index contributed by atoms with van der Waals surface area (Å²) in [5, 5.41) is 2.64. The second-order valence-corrected chi connectivity index (χ2v) is 6.90. The fourth-order valence-corrected chi connectivity index (χ4v) is 5.46. The molecule has 1 aromatic carbocycles. The Bertz CT molecular complexity index is 412. The molecule has 0 spiro atoms. The highest BCUT2D eigenvalue weighted by Gasteiger charge is 2.66. The lowest BCUT2D eigenvalue weighted by Gasteiger charge is -2.13. The molecule has 0 radical (unpaired) electrons. The van der Waals surface area contributed by atoms with Crippen molar-refractivity contribution >= 4 is 23.5 Å². The Balaban J connectivity index is 1.80. The Hall–Kier alpha value is -0.340. The molecule has 0 aromatic heterocycles. The molecule has 1 aliphatic carbocycles. The van der Waals surface area contributed by atoms with Crippen LogP contribution in [0.5, 0.6) is 0 Å². The highest BCUT2D eigenvalue weighted by Crippen LogP contribution is 2.73. The lowest BCUT2D eigenvalue weighted by Crippen LogP contribution is -2.18. The molecule has 3 aliphatic rings. The third kappa shape index (κ3) is 0.887. The number of fused-ring (bicyclic) bond motifs is 3. The van der Waals surface area contributed by atoms with Crippen LogP contribution in [0.25, 0.3) is 0 Å². The Morgan fingerprint density at radius 2 is 2.00 bits per heavy atom. The van der Waals surface area contributed by atoms with Crippen LogP contribution in [-0.2, 0) is 4.75 Å². The minimum absolute atomic E-state index is 0.367. The smallest absolute Gasteiger partial charge is 0.0722 e. The molecule has 0 bridgehead atoms. The van der Waals surface area contributed by atoms with Gasteiger partial charge in [-0.3, -0.25) is 0 Å². The molecule has 2 saturated heterocycles. The van der Waals surface area contributed by atoms with Crippen LogP contribution in [0.1, 0.15) is 5.56 Å². The summed E-state index contributed by atoms with van der Waals surface area (Å²) >= 11 is 4.28. The van der Waals surface area contributed by atoms with Gasteiger partial charge in [-0.2, -0.15) is 0 Å². The molecule has 4 rings (SSSR count). The van der Waals surface area contributed by atoms with E-state index >= 15 is 0 Å². The van der Waals surface area contributed by atoms with Crippen LogP contribution in [0, 0.1) is 0 Å². The minimum Gasteiger partial charge on any atom is -0.147 e. The summed E-state index contributed by atoms with van der Waals surface area (Å²) in [5.74, 6) is 0. The summed E-state index contributed by atoms with van der Waals surface area (Å²) in [5.41, 5.74) is 1.50. The predicted octanol–water partition coefficient (Wildman–Crippen LogP) is 3.05. The van der Waals surface area contributed by atoms with Crippen molar-refractivity contribution in [2.75, 3.05) is 0 Å². The molecule has 2 fully saturated rings. The molecule has 0 nitrogen and oxygen atoms in total. The molecule has 1 aromatic rings. The average molecular weight is 218 g/mol. The minimum atomic E-state index is 0.367. The van der Waals surface area contributed by atoms with E-state index < -0.39 is 0 Å².